The fraction of sp³-hybridized carbons (Fsp3) is 0.500. The van der Waals surface area contributed by atoms with Crippen LogP contribution < -0.4 is 4.18 Å². The van der Waals surface area contributed by atoms with Gasteiger partial charge < -0.3 is 18.5 Å². The molecule has 0 atom stereocenters. The topological polar surface area (TPSA) is 193 Å². The van der Waals surface area contributed by atoms with Crippen molar-refractivity contribution in [1.29, 1.82) is 5.41 Å². The van der Waals surface area contributed by atoms with Gasteiger partial charge in [0.15, 0.2) is 0 Å². The number of nitrogens with one attached hydrogen (secondary N) is 1. The molecule has 1 rings (SSSR count). The first kappa shape index (κ1) is 30.6. The fourth-order valence-electron chi connectivity index (χ4n) is 1.92. The summed E-state index contributed by atoms with van der Waals surface area (Å²) in [6.07, 6.45) is 0.626. The average molecular weight is 528 g/mol. The van der Waals surface area contributed by atoms with Crippen LogP contribution in [0.2, 0.25) is 0 Å². The zero-order valence-electron chi connectivity index (χ0n) is 18.6. The Bertz CT molecular complexity index is 1140. The number of hydrogen-bond acceptors (Lipinski definition) is 11. The summed E-state index contributed by atoms with van der Waals surface area (Å²) in [4.78, 5) is 24.0. The maximum absolute atomic E-state index is 12.0. The van der Waals surface area contributed by atoms with Gasteiger partial charge in [-0.25, -0.2) is 21.6 Å². The lowest BCUT2D eigenvalue weighted by atomic mass is 9.91. The number of carbonyl (C=O) groups excluding carboxylic acids is 2. The quantitative estimate of drug-likeness (QED) is 0.192. The van der Waals surface area contributed by atoms with Gasteiger partial charge in [-0.15, -0.1) is 0 Å². The number of hydrogen-bond donors (Lipinski definition) is 1. The van der Waals surface area contributed by atoms with E-state index in [1.165, 1.54) is 24.3 Å². The highest BCUT2D eigenvalue weighted by molar-refractivity contribution is 8.11. The highest BCUT2D eigenvalue weighted by Crippen LogP contribution is 2.23. The Kier molecular flexibility index (Phi) is 11.3. The molecular formula is C18H27N2O10S3-. The van der Waals surface area contributed by atoms with Crippen molar-refractivity contribution in [3.8, 4) is 5.75 Å². The maximum Gasteiger partial charge on any atom is 0.345 e. The molecule has 1 N–H and O–H groups in total. The summed E-state index contributed by atoms with van der Waals surface area (Å²) in [6.45, 7) is 7.53. The lowest BCUT2D eigenvalue weighted by Crippen LogP contribution is -2.28. The number of esters is 2. The van der Waals surface area contributed by atoms with Crippen LogP contribution in [0.4, 0.5) is 0 Å². The molecule has 0 radical (unpaired) electrons. The van der Waals surface area contributed by atoms with E-state index in [0.29, 0.717) is 12.7 Å². The van der Waals surface area contributed by atoms with Gasteiger partial charge in [0.2, 0.25) is 0 Å². The van der Waals surface area contributed by atoms with Crippen LogP contribution in [0.25, 0.3) is 4.13 Å². The van der Waals surface area contributed by atoms with E-state index < -0.39 is 65.4 Å². The standard InChI is InChI=1S/C17H24NO10S3.CH3N/c1-5-17(2,3)16(20)27-15(19)13-7-9-14(10-8-13)28-31(25,26)12-6-11-30(23,24)18-29(4,21)22;1-2/h7-10H,5-6,11-12H2,1-4H3;2H,1H2/q-1;. The van der Waals surface area contributed by atoms with E-state index >= 15 is 0 Å². The molecular weight excluding hydrogens is 500 g/mol. The van der Waals surface area contributed by atoms with Gasteiger partial charge in [-0.2, -0.15) is 8.42 Å². The van der Waals surface area contributed by atoms with E-state index in [0.717, 1.165) is 0 Å². The highest BCUT2D eigenvalue weighted by Gasteiger charge is 2.29. The van der Waals surface area contributed by atoms with Crippen LogP contribution in [-0.2, 0) is 39.7 Å². The molecule has 0 heterocycles. The molecule has 0 saturated heterocycles. The number of ether oxygens (including phenoxy) is 1. The van der Waals surface area contributed by atoms with Crippen molar-refractivity contribution in [3.63, 3.8) is 0 Å². The van der Waals surface area contributed by atoms with Gasteiger partial charge in [-0.1, -0.05) is 6.92 Å². The smallest absolute Gasteiger partial charge is 0.345 e. The van der Waals surface area contributed by atoms with Gasteiger partial charge >= 0.3 is 22.1 Å². The van der Waals surface area contributed by atoms with E-state index in [1.54, 1.807) is 20.8 Å². The summed E-state index contributed by atoms with van der Waals surface area (Å²) in [5, 5.41) is 5.50. The summed E-state index contributed by atoms with van der Waals surface area (Å²) in [7, 11) is -12.7. The van der Waals surface area contributed by atoms with Crippen LogP contribution in [-0.4, -0.2) is 61.7 Å². The third kappa shape index (κ3) is 11.9. The van der Waals surface area contributed by atoms with Crippen LogP contribution in [0.5, 0.6) is 5.75 Å². The number of nitrogens with zero attached hydrogens (tertiary/aromatic N) is 1. The molecule has 33 heavy (non-hydrogen) atoms. The summed E-state index contributed by atoms with van der Waals surface area (Å²) >= 11 is 0. The molecule has 188 valence electrons. The molecule has 0 fully saturated rings. The second kappa shape index (κ2) is 12.2. The molecule has 0 bridgehead atoms. The summed E-state index contributed by atoms with van der Waals surface area (Å²) in [6, 6.07) is 4.74. The van der Waals surface area contributed by atoms with E-state index in [1.807, 2.05) is 0 Å². The molecule has 0 unspecified atom stereocenters. The third-order valence-corrected chi connectivity index (χ3v) is 8.01. The van der Waals surface area contributed by atoms with Crippen molar-refractivity contribution in [3.05, 3.63) is 34.0 Å². The number of sulfonamides is 2. The lowest BCUT2D eigenvalue weighted by Gasteiger charge is -2.19. The maximum atomic E-state index is 12.0. The monoisotopic (exact) mass is 527 g/mol. The van der Waals surface area contributed by atoms with E-state index in [-0.39, 0.29) is 11.3 Å². The number of carbonyl (C=O) groups is 2. The highest BCUT2D eigenvalue weighted by atomic mass is 32.3. The number of rotatable bonds is 11. The molecule has 0 amide bonds. The van der Waals surface area contributed by atoms with Crippen molar-refractivity contribution in [2.24, 2.45) is 5.41 Å². The van der Waals surface area contributed by atoms with E-state index in [4.69, 9.17) is 14.3 Å². The molecule has 12 nitrogen and oxygen atoms in total. The van der Waals surface area contributed by atoms with Gasteiger partial charge in [0.1, 0.15) is 5.75 Å². The molecule has 0 saturated carbocycles. The first-order valence-electron chi connectivity index (χ1n) is 9.27. The Hall–Kier alpha value is -2.36. The van der Waals surface area contributed by atoms with Crippen molar-refractivity contribution >= 4 is 48.8 Å². The summed E-state index contributed by atoms with van der Waals surface area (Å²) < 4.78 is 81.0. The van der Waals surface area contributed by atoms with Crippen molar-refractivity contribution in [2.45, 2.75) is 33.6 Å². The average Bonchev–Trinajstić information content (AvgIpc) is 2.67. The minimum Gasteiger partial charge on any atom is -0.436 e. The lowest BCUT2D eigenvalue weighted by molar-refractivity contribution is -0.147. The molecule has 0 spiro atoms. The Morgan fingerprint density at radius 2 is 1.52 bits per heavy atom. The van der Waals surface area contributed by atoms with Gasteiger partial charge in [0, 0.05) is 12.0 Å². The molecule has 0 aliphatic rings. The van der Waals surface area contributed by atoms with Crippen LogP contribution in [0.3, 0.4) is 0 Å². The first-order valence-corrected chi connectivity index (χ1v) is 14.3. The molecule has 0 aromatic heterocycles. The Labute approximate surface area is 194 Å². The van der Waals surface area contributed by atoms with Crippen LogP contribution in [0, 0.1) is 10.8 Å². The molecule has 0 aliphatic carbocycles. The van der Waals surface area contributed by atoms with Gasteiger partial charge in [-0.3, -0.25) is 4.79 Å². The largest absolute Gasteiger partial charge is 0.436 e. The van der Waals surface area contributed by atoms with Gasteiger partial charge in [-0.05, 0) is 57.7 Å². The predicted molar refractivity (Wildman–Crippen MR) is 122 cm³/mol. The Morgan fingerprint density at radius 1 is 1.00 bits per heavy atom. The molecule has 1 aromatic rings. The zero-order valence-corrected chi connectivity index (χ0v) is 21.0. The SMILES string of the molecule is C=N.CCC(C)(C)C(=O)OC(=O)c1ccc(OS(=O)(=O)CCCS(=O)(=O)[N-]S(C)(=O)=O)cc1. The molecule has 1 aromatic carbocycles. The first-order chi connectivity index (χ1) is 15.0. The normalized spacial score (nSPS) is 12.2. The van der Waals surface area contributed by atoms with Gasteiger partial charge in [0.25, 0.3) is 0 Å². The van der Waals surface area contributed by atoms with E-state index in [2.05, 4.69) is 10.8 Å². The predicted octanol–water partition coefficient (Wildman–Crippen LogP) is 1.83. The molecule has 15 heteroatoms. The van der Waals surface area contributed by atoms with Crippen molar-refractivity contribution < 1.29 is 43.8 Å². The summed E-state index contributed by atoms with van der Waals surface area (Å²) in [5.74, 6) is -3.26. The minimum atomic E-state index is -4.33. The molecule has 0 aliphatic heterocycles. The fourth-order valence-corrected chi connectivity index (χ4v) is 5.55. The second-order valence-electron chi connectivity index (χ2n) is 7.23. The van der Waals surface area contributed by atoms with Crippen LogP contribution in [0.1, 0.15) is 44.0 Å². The van der Waals surface area contributed by atoms with Gasteiger partial charge in [0.05, 0.1) is 36.8 Å². The van der Waals surface area contributed by atoms with E-state index in [9.17, 15) is 34.8 Å². The van der Waals surface area contributed by atoms with Crippen LogP contribution in [0.15, 0.2) is 24.3 Å². The zero-order chi connectivity index (χ0) is 26.1. The summed E-state index contributed by atoms with van der Waals surface area (Å²) in [5.41, 5.74) is -0.840. The Morgan fingerprint density at radius 3 is 1.97 bits per heavy atom. The van der Waals surface area contributed by atoms with Crippen molar-refractivity contribution in [1.82, 2.24) is 0 Å². The number of benzene rings is 1. The third-order valence-electron chi connectivity index (χ3n) is 3.98. The Balaban J connectivity index is 0.00000497. The van der Waals surface area contributed by atoms with Crippen molar-refractivity contribution in [2.75, 3.05) is 17.8 Å². The second-order valence-corrected chi connectivity index (χ2v) is 12.6. The van der Waals surface area contributed by atoms with Crippen LogP contribution >= 0.6 is 0 Å². The minimum absolute atomic E-state index is 0.00141.